The van der Waals surface area contributed by atoms with Crippen molar-refractivity contribution in [3.05, 3.63) is 41.5 Å². The molecule has 0 spiro atoms. The maximum absolute atomic E-state index is 12.5. The highest BCUT2D eigenvalue weighted by Gasteiger charge is 2.20. The van der Waals surface area contributed by atoms with Gasteiger partial charge in [0.1, 0.15) is 0 Å². The summed E-state index contributed by atoms with van der Waals surface area (Å²) in [6, 6.07) is 6.91. The van der Waals surface area contributed by atoms with E-state index >= 15 is 0 Å². The standard InChI is InChI=1S/C17H21N5O3/c1-12-18-15(20-25-12)11-16(23)19-14-5-3-13(4-6-14)17(24)22-9-7-21(2)8-10-22/h3-6H,7-11H2,1-2H3,(H,19,23). The molecule has 1 aromatic carbocycles. The van der Waals surface area contributed by atoms with Gasteiger partial charge in [0.05, 0.1) is 6.42 Å². The number of rotatable bonds is 4. The molecule has 2 aromatic rings. The molecule has 1 saturated heterocycles. The summed E-state index contributed by atoms with van der Waals surface area (Å²) in [5, 5.41) is 6.45. The maximum atomic E-state index is 12.5. The van der Waals surface area contributed by atoms with Crippen molar-refractivity contribution >= 4 is 17.5 Å². The molecule has 3 rings (SSSR count). The average molecular weight is 343 g/mol. The van der Waals surface area contributed by atoms with Crippen LogP contribution in [0.15, 0.2) is 28.8 Å². The van der Waals surface area contributed by atoms with Gasteiger partial charge >= 0.3 is 0 Å². The first kappa shape index (κ1) is 17.1. The van der Waals surface area contributed by atoms with E-state index in [0.717, 1.165) is 26.2 Å². The molecule has 1 fully saturated rings. The van der Waals surface area contributed by atoms with Crippen LogP contribution in [0.25, 0.3) is 0 Å². The Kier molecular flexibility index (Phi) is 5.08. The molecule has 1 aliphatic heterocycles. The molecule has 0 radical (unpaired) electrons. The Bertz CT molecular complexity index is 748. The monoisotopic (exact) mass is 343 g/mol. The minimum atomic E-state index is -0.237. The molecule has 132 valence electrons. The second-order valence-electron chi connectivity index (χ2n) is 6.13. The number of likely N-dealkylation sites (N-methyl/N-ethyl adjacent to an activating group) is 1. The third-order valence-corrected chi connectivity index (χ3v) is 4.09. The summed E-state index contributed by atoms with van der Waals surface area (Å²) in [7, 11) is 2.05. The highest BCUT2D eigenvalue weighted by molar-refractivity contribution is 5.96. The van der Waals surface area contributed by atoms with Crippen molar-refractivity contribution < 1.29 is 14.1 Å². The molecule has 2 heterocycles. The molecule has 1 aliphatic rings. The van der Waals surface area contributed by atoms with E-state index in [2.05, 4.69) is 27.4 Å². The molecule has 8 nitrogen and oxygen atoms in total. The fourth-order valence-corrected chi connectivity index (χ4v) is 2.65. The first-order chi connectivity index (χ1) is 12.0. The van der Waals surface area contributed by atoms with Crippen molar-refractivity contribution in [2.75, 3.05) is 38.5 Å². The van der Waals surface area contributed by atoms with Gasteiger partial charge in [-0.05, 0) is 31.3 Å². The zero-order valence-electron chi connectivity index (χ0n) is 14.4. The lowest BCUT2D eigenvalue weighted by Gasteiger charge is -2.32. The summed E-state index contributed by atoms with van der Waals surface area (Å²) in [4.78, 5) is 32.5. The summed E-state index contributed by atoms with van der Waals surface area (Å²) in [6.07, 6.45) is 0.0410. The van der Waals surface area contributed by atoms with E-state index in [1.807, 2.05) is 4.90 Å². The van der Waals surface area contributed by atoms with Crippen molar-refractivity contribution in [1.82, 2.24) is 19.9 Å². The van der Waals surface area contributed by atoms with Gasteiger partial charge in [-0.3, -0.25) is 9.59 Å². The average Bonchev–Trinajstić information content (AvgIpc) is 3.00. The number of amides is 2. The molecular weight excluding hydrogens is 322 g/mol. The fourth-order valence-electron chi connectivity index (χ4n) is 2.65. The number of carbonyl (C=O) groups excluding carboxylic acids is 2. The third-order valence-electron chi connectivity index (χ3n) is 4.09. The summed E-state index contributed by atoms with van der Waals surface area (Å²) in [5.41, 5.74) is 1.25. The molecule has 1 aromatic heterocycles. The third kappa shape index (κ3) is 4.42. The van der Waals surface area contributed by atoms with Crippen molar-refractivity contribution in [2.45, 2.75) is 13.3 Å². The second kappa shape index (κ2) is 7.43. The van der Waals surface area contributed by atoms with E-state index in [1.165, 1.54) is 0 Å². The van der Waals surface area contributed by atoms with Gasteiger partial charge in [-0.25, -0.2) is 0 Å². The molecule has 0 unspecified atom stereocenters. The summed E-state index contributed by atoms with van der Waals surface area (Å²) < 4.78 is 4.84. The normalized spacial score (nSPS) is 15.2. The zero-order chi connectivity index (χ0) is 17.8. The number of nitrogens with one attached hydrogen (secondary N) is 1. The van der Waals surface area contributed by atoms with E-state index in [-0.39, 0.29) is 18.2 Å². The highest BCUT2D eigenvalue weighted by Crippen LogP contribution is 2.13. The molecule has 0 saturated carbocycles. The van der Waals surface area contributed by atoms with Crippen molar-refractivity contribution in [3.63, 3.8) is 0 Å². The number of nitrogens with zero attached hydrogens (tertiary/aromatic N) is 4. The van der Waals surface area contributed by atoms with Crippen LogP contribution in [0.3, 0.4) is 0 Å². The van der Waals surface area contributed by atoms with Crippen LogP contribution in [-0.2, 0) is 11.2 Å². The second-order valence-corrected chi connectivity index (χ2v) is 6.13. The zero-order valence-corrected chi connectivity index (χ0v) is 14.4. The highest BCUT2D eigenvalue weighted by atomic mass is 16.5. The Morgan fingerprint density at radius 3 is 2.44 bits per heavy atom. The minimum Gasteiger partial charge on any atom is -0.340 e. The lowest BCUT2D eigenvalue weighted by atomic mass is 10.1. The Morgan fingerprint density at radius 2 is 1.84 bits per heavy atom. The van der Waals surface area contributed by atoms with Gasteiger partial charge in [0.25, 0.3) is 5.91 Å². The Morgan fingerprint density at radius 1 is 1.16 bits per heavy atom. The Balaban J connectivity index is 1.56. The van der Waals surface area contributed by atoms with Gasteiger partial charge in [0.2, 0.25) is 11.8 Å². The van der Waals surface area contributed by atoms with Crippen molar-refractivity contribution in [3.8, 4) is 0 Å². The SMILES string of the molecule is Cc1nc(CC(=O)Nc2ccc(C(=O)N3CCN(C)CC3)cc2)no1. The van der Waals surface area contributed by atoms with E-state index in [9.17, 15) is 9.59 Å². The Labute approximate surface area is 145 Å². The molecule has 8 heteroatoms. The number of hydrogen-bond donors (Lipinski definition) is 1. The number of anilines is 1. The van der Waals surface area contributed by atoms with Crippen LogP contribution in [-0.4, -0.2) is 65.0 Å². The molecule has 2 amide bonds. The van der Waals surface area contributed by atoms with Crippen LogP contribution in [0.5, 0.6) is 0 Å². The fraction of sp³-hybridized carbons (Fsp3) is 0.412. The van der Waals surface area contributed by atoms with Gasteiger partial charge in [-0.1, -0.05) is 5.16 Å². The van der Waals surface area contributed by atoms with Crippen molar-refractivity contribution in [1.29, 1.82) is 0 Å². The van der Waals surface area contributed by atoms with Gasteiger partial charge in [0, 0.05) is 44.4 Å². The maximum Gasteiger partial charge on any atom is 0.253 e. The van der Waals surface area contributed by atoms with Gasteiger partial charge in [-0.2, -0.15) is 4.98 Å². The van der Waals surface area contributed by atoms with Crippen LogP contribution in [0.4, 0.5) is 5.69 Å². The molecule has 25 heavy (non-hydrogen) atoms. The van der Waals surface area contributed by atoms with E-state index in [1.54, 1.807) is 31.2 Å². The largest absolute Gasteiger partial charge is 0.340 e. The van der Waals surface area contributed by atoms with E-state index in [4.69, 9.17) is 4.52 Å². The molecule has 0 aliphatic carbocycles. The molecule has 1 N–H and O–H groups in total. The number of aromatic nitrogens is 2. The van der Waals surface area contributed by atoms with Crippen LogP contribution in [0, 0.1) is 6.92 Å². The number of piperazine rings is 1. The summed E-state index contributed by atoms with van der Waals surface area (Å²) >= 11 is 0. The minimum absolute atomic E-state index is 0.0215. The smallest absolute Gasteiger partial charge is 0.253 e. The first-order valence-electron chi connectivity index (χ1n) is 8.18. The summed E-state index contributed by atoms with van der Waals surface area (Å²) in [6.45, 7) is 4.91. The molecular formula is C17H21N5O3. The van der Waals surface area contributed by atoms with Crippen LogP contribution < -0.4 is 5.32 Å². The lowest BCUT2D eigenvalue weighted by molar-refractivity contribution is -0.115. The van der Waals surface area contributed by atoms with Gasteiger partial charge in [-0.15, -0.1) is 0 Å². The predicted octanol–water partition coefficient (Wildman–Crippen LogP) is 0.947. The lowest BCUT2D eigenvalue weighted by Crippen LogP contribution is -2.47. The number of benzene rings is 1. The predicted molar refractivity (Wildman–Crippen MR) is 91.2 cm³/mol. The van der Waals surface area contributed by atoms with E-state index < -0.39 is 0 Å². The first-order valence-corrected chi connectivity index (χ1v) is 8.18. The quantitative estimate of drug-likeness (QED) is 0.889. The number of aryl methyl sites for hydroxylation is 1. The topological polar surface area (TPSA) is 91.6 Å². The number of carbonyl (C=O) groups is 2. The van der Waals surface area contributed by atoms with Crippen LogP contribution in [0.1, 0.15) is 22.1 Å². The Hall–Kier alpha value is -2.74. The molecule has 0 bridgehead atoms. The van der Waals surface area contributed by atoms with Crippen LogP contribution >= 0.6 is 0 Å². The van der Waals surface area contributed by atoms with Gasteiger partial charge in [0.15, 0.2) is 5.82 Å². The molecule has 0 atom stereocenters. The van der Waals surface area contributed by atoms with E-state index in [0.29, 0.717) is 23.0 Å². The van der Waals surface area contributed by atoms with Crippen LogP contribution in [0.2, 0.25) is 0 Å². The van der Waals surface area contributed by atoms with Crippen molar-refractivity contribution in [2.24, 2.45) is 0 Å². The van der Waals surface area contributed by atoms with Gasteiger partial charge < -0.3 is 19.6 Å². The number of hydrogen-bond acceptors (Lipinski definition) is 6. The summed E-state index contributed by atoms with van der Waals surface area (Å²) in [5.74, 6) is 0.554.